The monoisotopic (exact) mass is 232 g/mol. The Morgan fingerprint density at radius 1 is 1.15 bits per heavy atom. The van der Waals surface area contributed by atoms with Crippen molar-refractivity contribution in [2.75, 3.05) is 13.2 Å². The molecule has 0 radical (unpaired) electrons. The van der Waals surface area contributed by atoms with E-state index >= 15 is 0 Å². The maximum Gasteiger partial charge on any atom is 0.466 e. The predicted octanol–water partition coefficient (Wildman–Crippen LogP) is 0.868. The van der Waals surface area contributed by atoms with Gasteiger partial charge in [-0.25, -0.2) is 4.57 Å². The minimum atomic E-state index is -4.64. The van der Waals surface area contributed by atoms with Crippen molar-refractivity contribution in [1.29, 1.82) is 0 Å². The third-order valence-corrected chi connectivity index (χ3v) is 0.471. The highest BCUT2D eigenvalue weighted by Crippen LogP contribution is 2.25. The molecule has 80 valence electrons. The van der Waals surface area contributed by atoms with Gasteiger partial charge in [0.2, 0.25) is 0 Å². The van der Waals surface area contributed by atoms with Crippen molar-refractivity contribution >= 4 is 20.2 Å². The minimum absolute atomic E-state index is 0. The van der Waals surface area contributed by atoms with E-state index in [0.717, 1.165) is 0 Å². The zero-order valence-electron chi connectivity index (χ0n) is 7.00. The molecule has 0 bridgehead atoms. The van der Waals surface area contributed by atoms with Crippen molar-refractivity contribution in [3.8, 4) is 0 Å². The first-order valence-electron chi connectivity index (χ1n) is 2.99. The van der Waals surface area contributed by atoms with Crippen LogP contribution in [-0.4, -0.2) is 27.9 Å². The van der Waals surface area contributed by atoms with Crippen molar-refractivity contribution in [3.05, 3.63) is 25.3 Å². The van der Waals surface area contributed by atoms with E-state index < -0.39 is 7.82 Å². The lowest BCUT2D eigenvalue weighted by Gasteiger charge is -1.89. The third-order valence-electron chi connectivity index (χ3n) is 0.471. The van der Waals surface area contributed by atoms with Gasteiger partial charge in [-0.1, -0.05) is 12.2 Å². The zero-order chi connectivity index (χ0) is 10.0. The Balaban J connectivity index is -0.000000150. The fraction of sp³-hybridized carbons (Fsp3) is 0.333. The lowest BCUT2D eigenvalue weighted by atomic mass is 10.6. The lowest BCUT2D eigenvalue weighted by molar-refractivity contribution is 0.194. The number of phosphoric acid groups is 1. The first-order valence-corrected chi connectivity index (χ1v) is 4.56. The Morgan fingerprint density at radius 2 is 1.38 bits per heavy atom. The van der Waals surface area contributed by atoms with Crippen LogP contribution in [0.3, 0.4) is 0 Å². The van der Waals surface area contributed by atoms with Crippen molar-refractivity contribution in [3.63, 3.8) is 0 Å². The van der Waals surface area contributed by atoms with Crippen LogP contribution in [0.15, 0.2) is 25.3 Å². The summed E-state index contributed by atoms with van der Waals surface area (Å²) in [7, 11) is -4.64. The largest absolute Gasteiger partial charge is 0.466 e. The maximum absolute atomic E-state index is 8.88. The van der Waals surface area contributed by atoms with Crippen molar-refractivity contribution in [1.82, 2.24) is 0 Å². The molecule has 0 heterocycles. The molecular formula is C6H14ClO5P. The second kappa shape index (κ2) is 11.8. The van der Waals surface area contributed by atoms with Crippen molar-refractivity contribution < 1.29 is 24.0 Å². The van der Waals surface area contributed by atoms with Gasteiger partial charge in [0.15, 0.2) is 0 Å². The molecule has 0 saturated carbocycles. The molecule has 13 heavy (non-hydrogen) atoms. The molecule has 0 unspecified atom stereocenters. The number of halogens is 1. The van der Waals surface area contributed by atoms with Gasteiger partial charge in [-0.05, 0) is 0 Å². The molecule has 0 fully saturated rings. The maximum atomic E-state index is 8.88. The normalized spacial score (nSPS) is 8.85. The second-order valence-corrected chi connectivity index (χ2v) is 2.65. The molecule has 5 nitrogen and oxygen atoms in total. The Morgan fingerprint density at radius 3 is 1.54 bits per heavy atom. The van der Waals surface area contributed by atoms with Crippen LogP contribution in [0, 0.1) is 0 Å². The minimum Gasteiger partial charge on any atom is -0.373 e. The van der Waals surface area contributed by atoms with E-state index in [2.05, 4.69) is 13.2 Å². The number of hydrogen-bond acceptors (Lipinski definition) is 2. The summed E-state index contributed by atoms with van der Waals surface area (Å²) in [4.78, 5) is 21.6. The van der Waals surface area contributed by atoms with Crippen molar-refractivity contribution in [2.24, 2.45) is 0 Å². The highest BCUT2D eigenvalue weighted by Gasteiger charge is 2.00. The Labute approximate surface area is 83.4 Å². The van der Waals surface area contributed by atoms with Crippen LogP contribution in [0.2, 0.25) is 0 Å². The van der Waals surface area contributed by atoms with E-state index in [4.69, 9.17) is 24.0 Å². The van der Waals surface area contributed by atoms with Gasteiger partial charge in [-0.2, -0.15) is 0 Å². The highest BCUT2D eigenvalue weighted by atomic mass is 35.5. The van der Waals surface area contributed by atoms with Crippen molar-refractivity contribution in [2.45, 2.75) is 0 Å². The van der Waals surface area contributed by atoms with Crippen LogP contribution in [0.25, 0.3) is 0 Å². The van der Waals surface area contributed by atoms with Gasteiger partial charge in [-0.15, -0.1) is 25.6 Å². The van der Waals surface area contributed by atoms with Crippen LogP contribution < -0.4 is 0 Å². The predicted molar refractivity (Wildman–Crippen MR) is 52.7 cm³/mol. The van der Waals surface area contributed by atoms with Gasteiger partial charge in [-0.3, -0.25) is 0 Å². The molecule has 0 amide bonds. The molecule has 0 aliphatic rings. The molecule has 0 atom stereocenters. The standard InChI is InChI=1S/C6H10O.ClH.H3O4P/c1-3-5-7-6-4-2;;1-5(2,3)4/h3-4H,1-2,5-6H2;1H;(H3,1,2,3,4). The SMILES string of the molecule is C=CCOCC=C.Cl.O=P(O)(O)O. The molecule has 0 saturated heterocycles. The smallest absolute Gasteiger partial charge is 0.373 e. The number of rotatable bonds is 4. The summed E-state index contributed by atoms with van der Waals surface area (Å²) < 4.78 is 13.8. The van der Waals surface area contributed by atoms with Gasteiger partial charge < -0.3 is 19.4 Å². The molecule has 3 N–H and O–H groups in total. The van der Waals surface area contributed by atoms with Gasteiger partial charge in [0.25, 0.3) is 0 Å². The van der Waals surface area contributed by atoms with Gasteiger partial charge in [0.05, 0.1) is 13.2 Å². The zero-order valence-corrected chi connectivity index (χ0v) is 8.71. The topological polar surface area (TPSA) is 87.0 Å². The van der Waals surface area contributed by atoms with Crippen LogP contribution in [0.5, 0.6) is 0 Å². The van der Waals surface area contributed by atoms with Gasteiger partial charge in [0, 0.05) is 0 Å². The molecule has 7 heteroatoms. The van der Waals surface area contributed by atoms with Crippen LogP contribution >= 0.6 is 20.2 Å². The fourth-order valence-electron chi connectivity index (χ4n) is 0.235. The summed E-state index contributed by atoms with van der Waals surface area (Å²) in [6.45, 7) is 8.18. The summed E-state index contributed by atoms with van der Waals surface area (Å²) in [5.41, 5.74) is 0. The molecule has 0 aliphatic carbocycles. The third kappa shape index (κ3) is 77.7. The van der Waals surface area contributed by atoms with Crippen LogP contribution in [0.1, 0.15) is 0 Å². The number of ether oxygens (including phenoxy) is 1. The van der Waals surface area contributed by atoms with E-state index in [1.54, 1.807) is 12.2 Å². The average molecular weight is 233 g/mol. The van der Waals surface area contributed by atoms with E-state index in [1.165, 1.54) is 0 Å². The van der Waals surface area contributed by atoms with E-state index in [0.29, 0.717) is 13.2 Å². The summed E-state index contributed by atoms with van der Waals surface area (Å²) in [5.74, 6) is 0. The summed E-state index contributed by atoms with van der Waals surface area (Å²) in [6, 6.07) is 0. The quantitative estimate of drug-likeness (QED) is 0.380. The summed E-state index contributed by atoms with van der Waals surface area (Å²) >= 11 is 0. The lowest BCUT2D eigenvalue weighted by Crippen LogP contribution is -1.87. The molecule has 0 aromatic rings. The average Bonchev–Trinajstić information content (AvgIpc) is 1.85. The molecule has 0 spiro atoms. The molecular weight excluding hydrogens is 218 g/mol. The summed E-state index contributed by atoms with van der Waals surface area (Å²) in [6.07, 6.45) is 3.42. The Bertz CT molecular complexity index is 150. The van der Waals surface area contributed by atoms with E-state index in [9.17, 15) is 0 Å². The molecule has 0 rings (SSSR count). The first-order chi connectivity index (χ1) is 5.41. The van der Waals surface area contributed by atoms with Gasteiger partial charge >= 0.3 is 7.82 Å². The summed E-state index contributed by atoms with van der Waals surface area (Å²) in [5, 5.41) is 0. The molecule has 0 aliphatic heterocycles. The second-order valence-electron chi connectivity index (χ2n) is 1.63. The first kappa shape index (κ1) is 18.6. The Hall–Kier alpha value is -0.160. The Kier molecular flexibility index (Phi) is 16.9. The fourth-order valence-corrected chi connectivity index (χ4v) is 0.235. The molecule has 0 aromatic carbocycles. The van der Waals surface area contributed by atoms with E-state index in [1.807, 2.05) is 0 Å². The molecule has 0 aromatic heterocycles. The highest BCUT2D eigenvalue weighted by molar-refractivity contribution is 7.45. The van der Waals surface area contributed by atoms with Gasteiger partial charge in [0.1, 0.15) is 0 Å². The number of hydrogen-bond donors (Lipinski definition) is 3. The van der Waals surface area contributed by atoms with E-state index in [-0.39, 0.29) is 12.4 Å². The van der Waals surface area contributed by atoms with Crippen LogP contribution in [-0.2, 0) is 9.30 Å². The van der Waals surface area contributed by atoms with Crippen LogP contribution in [0.4, 0.5) is 0 Å².